The minimum absolute atomic E-state index is 0.0543. The quantitative estimate of drug-likeness (QED) is 0.355. The molecule has 10 heteroatoms. The first-order chi connectivity index (χ1) is 20.2. The van der Waals surface area contributed by atoms with E-state index in [9.17, 15) is 19.2 Å². The molecule has 4 rings (SSSR count). The second-order valence-electron chi connectivity index (χ2n) is 11.9. The molecule has 2 heterocycles. The van der Waals surface area contributed by atoms with E-state index in [1.807, 2.05) is 43.0 Å². The smallest absolute Gasteiger partial charge is 0.290 e. The van der Waals surface area contributed by atoms with Crippen molar-refractivity contribution in [3.05, 3.63) is 47.9 Å². The monoisotopic (exact) mass is 579 g/mol. The topological polar surface area (TPSA) is 134 Å². The molecule has 0 spiro atoms. The third-order valence-electron chi connectivity index (χ3n) is 8.86. The molecule has 1 aromatic carbocycles. The lowest BCUT2D eigenvalue weighted by Crippen LogP contribution is -2.57. The molecular weight excluding hydrogens is 534 g/mol. The van der Waals surface area contributed by atoms with Crippen LogP contribution in [0.25, 0.3) is 0 Å². The molecule has 2 fully saturated rings. The zero-order chi connectivity index (χ0) is 30.1. The van der Waals surface area contributed by atoms with E-state index in [0.717, 1.165) is 50.6 Å². The maximum Gasteiger partial charge on any atom is 0.290 e. The lowest BCUT2D eigenvalue weighted by molar-refractivity contribution is -0.139. The Balaban J connectivity index is 1.40. The Bertz CT molecular complexity index is 1180. The molecule has 3 atom stereocenters. The van der Waals surface area contributed by atoms with Gasteiger partial charge in [-0.2, -0.15) is 0 Å². The fourth-order valence-electron chi connectivity index (χ4n) is 6.16. The van der Waals surface area contributed by atoms with E-state index in [2.05, 4.69) is 21.1 Å². The molecular formula is C32H45N5O5. The first-order valence-electron chi connectivity index (χ1n) is 15.4. The maximum absolute atomic E-state index is 13.8. The summed E-state index contributed by atoms with van der Waals surface area (Å²) in [6.07, 6.45) is 9.80. The number of nitrogens with one attached hydrogen (secondary N) is 3. The van der Waals surface area contributed by atoms with Crippen LogP contribution in [0.2, 0.25) is 0 Å². The van der Waals surface area contributed by atoms with Crippen molar-refractivity contribution in [2.24, 2.45) is 11.8 Å². The number of hydrogen-bond acceptors (Lipinski definition) is 6. The number of nitrogens with zero attached hydrogens (tertiary/aromatic N) is 2. The molecule has 2 aliphatic rings. The van der Waals surface area contributed by atoms with Gasteiger partial charge in [0.2, 0.25) is 23.5 Å². The largest absolute Gasteiger partial charge is 0.351 e. The van der Waals surface area contributed by atoms with Gasteiger partial charge in [-0.05, 0) is 54.7 Å². The molecule has 228 valence electrons. The van der Waals surface area contributed by atoms with Crippen molar-refractivity contribution < 1.29 is 23.7 Å². The molecule has 42 heavy (non-hydrogen) atoms. The maximum atomic E-state index is 13.8. The van der Waals surface area contributed by atoms with Gasteiger partial charge < -0.3 is 25.4 Å². The molecule has 1 aliphatic carbocycles. The Hall–Kier alpha value is -3.69. The lowest BCUT2D eigenvalue weighted by Gasteiger charge is -2.36. The van der Waals surface area contributed by atoms with Crippen molar-refractivity contribution in [2.75, 3.05) is 18.4 Å². The molecule has 0 unspecified atom stereocenters. The molecule has 1 saturated heterocycles. The molecule has 4 amide bonds. The van der Waals surface area contributed by atoms with E-state index in [-0.39, 0.29) is 29.4 Å². The highest BCUT2D eigenvalue weighted by Crippen LogP contribution is 2.30. The summed E-state index contributed by atoms with van der Waals surface area (Å²) in [6.45, 7) is 6.69. The molecule has 0 radical (unpaired) electrons. The van der Waals surface area contributed by atoms with Crippen LogP contribution in [0.1, 0.15) is 101 Å². The second kappa shape index (κ2) is 15.0. The summed E-state index contributed by atoms with van der Waals surface area (Å²) >= 11 is 0. The lowest BCUT2D eigenvalue weighted by atomic mass is 9.84. The van der Waals surface area contributed by atoms with Crippen molar-refractivity contribution in [1.82, 2.24) is 20.7 Å². The van der Waals surface area contributed by atoms with Gasteiger partial charge in [0.25, 0.3) is 5.91 Å². The Morgan fingerprint density at radius 2 is 1.67 bits per heavy atom. The van der Waals surface area contributed by atoms with Gasteiger partial charge in [0.1, 0.15) is 12.1 Å². The van der Waals surface area contributed by atoms with Crippen molar-refractivity contribution in [3.8, 4) is 0 Å². The van der Waals surface area contributed by atoms with E-state index in [0.29, 0.717) is 31.3 Å². The standard InChI is InChI=1S/C32H45N5O5/c1-4-21(2)29(32(41)37-18-15-25(16-19-37)24-10-12-26(13-11-24)34-22(3)38)36-30(39)27(20-23-8-6-5-7-9-23)35-31(40)28-14-17-33-42-28/h10-14,17,21,23,25,27,29H,4-9,15-16,18-20H2,1-3H3,(H,34,38)(H,35,40)(H,36,39)/t21-,27-,29-/m0/s1. The molecule has 10 nitrogen and oxygen atoms in total. The number of amides is 4. The highest BCUT2D eigenvalue weighted by Gasteiger charge is 2.35. The van der Waals surface area contributed by atoms with Gasteiger partial charge >= 0.3 is 0 Å². The van der Waals surface area contributed by atoms with Gasteiger partial charge in [-0.25, -0.2) is 0 Å². The van der Waals surface area contributed by atoms with E-state index in [1.54, 1.807) is 0 Å². The molecule has 1 saturated carbocycles. The Labute approximate surface area is 248 Å². The van der Waals surface area contributed by atoms with Crippen LogP contribution in [-0.2, 0) is 14.4 Å². The second-order valence-corrected chi connectivity index (χ2v) is 11.9. The van der Waals surface area contributed by atoms with Crippen LogP contribution in [-0.4, -0.2) is 58.9 Å². The Morgan fingerprint density at radius 3 is 2.26 bits per heavy atom. The van der Waals surface area contributed by atoms with Crippen LogP contribution in [0, 0.1) is 11.8 Å². The molecule has 1 aromatic heterocycles. The summed E-state index contributed by atoms with van der Waals surface area (Å²) in [5, 5.41) is 12.3. The van der Waals surface area contributed by atoms with E-state index in [1.165, 1.54) is 31.2 Å². The third-order valence-corrected chi connectivity index (χ3v) is 8.86. The minimum atomic E-state index is -0.767. The third kappa shape index (κ3) is 8.42. The zero-order valence-corrected chi connectivity index (χ0v) is 25.1. The fraction of sp³-hybridized carbons (Fsp3) is 0.594. The van der Waals surface area contributed by atoms with E-state index in [4.69, 9.17) is 4.52 Å². The van der Waals surface area contributed by atoms with Gasteiger partial charge in [0.15, 0.2) is 0 Å². The van der Waals surface area contributed by atoms with E-state index < -0.39 is 18.0 Å². The predicted octanol–water partition coefficient (Wildman–Crippen LogP) is 4.64. The van der Waals surface area contributed by atoms with Gasteiger partial charge in [0.05, 0.1) is 6.20 Å². The normalized spacial score (nSPS) is 18.5. The van der Waals surface area contributed by atoms with Crippen molar-refractivity contribution in [3.63, 3.8) is 0 Å². The summed E-state index contributed by atoms with van der Waals surface area (Å²) in [6, 6.07) is 7.92. The van der Waals surface area contributed by atoms with Crippen LogP contribution in [0.5, 0.6) is 0 Å². The summed E-state index contributed by atoms with van der Waals surface area (Å²) in [5.41, 5.74) is 1.96. The highest BCUT2D eigenvalue weighted by atomic mass is 16.5. The van der Waals surface area contributed by atoms with Crippen LogP contribution in [0.15, 0.2) is 41.1 Å². The number of aromatic nitrogens is 1. The summed E-state index contributed by atoms with van der Waals surface area (Å²) in [5.74, 6) is -0.343. The molecule has 3 N–H and O–H groups in total. The van der Waals surface area contributed by atoms with Crippen LogP contribution in [0.4, 0.5) is 5.69 Å². The van der Waals surface area contributed by atoms with Crippen molar-refractivity contribution >= 4 is 29.3 Å². The predicted molar refractivity (Wildman–Crippen MR) is 160 cm³/mol. The molecule has 2 aromatic rings. The summed E-state index contributed by atoms with van der Waals surface area (Å²) in [7, 11) is 0. The molecule has 0 bridgehead atoms. The summed E-state index contributed by atoms with van der Waals surface area (Å²) in [4.78, 5) is 53.5. The first kappa shape index (κ1) is 31.3. The van der Waals surface area contributed by atoms with Gasteiger partial charge in [-0.3, -0.25) is 19.2 Å². The fourth-order valence-corrected chi connectivity index (χ4v) is 6.16. The number of carbonyl (C=O) groups is 4. The number of piperidine rings is 1. The highest BCUT2D eigenvalue weighted by molar-refractivity contribution is 5.96. The number of benzene rings is 1. The Kier molecular flexibility index (Phi) is 11.1. The Morgan fingerprint density at radius 1 is 0.976 bits per heavy atom. The number of anilines is 1. The van der Waals surface area contributed by atoms with Crippen molar-refractivity contribution in [2.45, 2.75) is 96.6 Å². The number of rotatable bonds is 11. The van der Waals surface area contributed by atoms with Gasteiger partial charge in [0, 0.05) is 31.8 Å². The zero-order valence-electron chi connectivity index (χ0n) is 25.1. The van der Waals surface area contributed by atoms with E-state index >= 15 is 0 Å². The van der Waals surface area contributed by atoms with Gasteiger partial charge in [-0.1, -0.05) is 69.7 Å². The number of carbonyl (C=O) groups excluding carboxylic acids is 4. The minimum Gasteiger partial charge on any atom is -0.351 e. The van der Waals surface area contributed by atoms with Crippen LogP contribution >= 0.6 is 0 Å². The SMILES string of the molecule is CC[C@H](C)[C@H](NC(=O)[C@H](CC1CCCCC1)NC(=O)c1ccno1)C(=O)N1CCC(c2ccc(NC(C)=O)cc2)CC1. The number of hydrogen-bond donors (Lipinski definition) is 3. The van der Waals surface area contributed by atoms with Crippen LogP contribution < -0.4 is 16.0 Å². The van der Waals surface area contributed by atoms with Crippen molar-refractivity contribution in [1.29, 1.82) is 0 Å². The number of likely N-dealkylation sites (tertiary alicyclic amines) is 1. The van der Waals surface area contributed by atoms with Crippen LogP contribution in [0.3, 0.4) is 0 Å². The first-order valence-corrected chi connectivity index (χ1v) is 15.4. The average molecular weight is 580 g/mol. The van der Waals surface area contributed by atoms with Gasteiger partial charge in [-0.15, -0.1) is 0 Å². The average Bonchev–Trinajstić information content (AvgIpc) is 3.55. The molecule has 1 aliphatic heterocycles. The summed E-state index contributed by atoms with van der Waals surface area (Å²) < 4.78 is 5.01.